The number of benzene rings is 2. The lowest BCUT2D eigenvalue weighted by Gasteiger charge is -2.10. The first-order chi connectivity index (χ1) is 13.3. The number of amides is 3. The minimum Gasteiger partial charge on any atom is -0.484 e. The zero-order chi connectivity index (χ0) is 20.5. The SMILES string of the molecule is Cc1ccc(C)c(NC(=O)CCC(=O)NNC(=O)COc2ccc(Br)cc2)c1. The van der Waals surface area contributed by atoms with Crippen molar-refractivity contribution in [2.45, 2.75) is 26.7 Å². The van der Waals surface area contributed by atoms with E-state index in [2.05, 4.69) is 32.1 Å². The van der Waals surface area contributed by atoms with E-state index in [0.29, 0.717) is 5.75 Å². The molecule has 0 aliphatic rings. The van der Waals surface area contributed by atoms with E-state index in [1.54, 1.807) is 24.3 Å². The van der Waals surface area contributed by atoms with Crippen LogP contribution in [0.4, 0.5) is 5.69 Å². The van der Waals surface area contributed by atoms with E-state index < -0.39 is 11.8 Å². The average molecular weight is 448 g/mol. The predicted octanol–water partition coefficient (Wildman–Crippen LogP) is 3.01. The Bertz CT molecular complexity index is 853. The van der Waals surface area contributed by atoms with Gasteiger partial charge in [-0.1, -0.05) is 28.1 Å². The molecule has 2 rings (SSSR count). The number of carbonyl (C=O) groups is 3. The fourth-order valence-electron chi connectivity index (χ4n) is 2.23. The first kappa shape index (κ1) is 21.4. The fourth-order valence-corrected chi connectivity index (χ4v) is 2.49. The number of hydrazine groups is 1. The molecule has 0 spiro atoms. The summed E-state index contributed by atoms with van der Waals surface area (Å²) < 4.78 is 6.19. The van der Waals surface area contributed by atoms with Gasteiger partial charge in [-0.15, -0.1) is 0 Å². The Labute approximate surface area is 171 Å². The Morgan fingerprint density at radius 1 is 0.893 bits per heavy atom. The zero-order valence-electron chi connectivity index (χ0n) is 15.7. The van der Waals surface area contributed by atoms with Crippen LogP contribution in [-0.2, 0) is 14.4 Å². The predicted molar refractivity (Wildman–Crippen MR) is 110 cm³/mol. The Morgan fingerprint density at radius 3 is 2.25 bits per heavy atom. The first-order valence-corrected chi connectivity index (χ1v) is 9.46. The maximum Gasteiger partial charge on any atom is 0.276 e. The van der Waals surface area contributed by atoms with Gasteiger partial charge in [-0.05, 0) is 55.3 Å². The largest absolute Gasteiger partial charge is 0.484 e. The van der Waals surface area contributed by atoms with Crippen LogP contribution in [0.15, 0.2) is 46.9 Å². The van der Waals surface area contributed by atoms with Crippen molar-refractivity contribution in [1.82, 2.24) is 10.9 Å². The van der Waals surface area contributed by atoms with Crippen LogP contribution in [0.1, 0.15) is 24.0 Å². The molecule has 28 heavy (non-hydrogen) atoms. The highest BCUT2D eigenvalue weighted by Gasteiger charge is 2.10. The van der Waals surface area contributed by atoms with E-state index in [4.69, 9.17) is 4.74 Å². The molecule has 0 saturated carbocycles. The lowest BCUT2D eigenvalue weighted by Crippen LogP contribution is -2.44. The van der Waals surface area contributed by atoms with Crippen molar-refractivity contribution < 1.29 is 19.1 Å². The topological polar surface area (TPSA) is 96.5 Å². The zero-order valence-corrected chi connectivity index (χ0v) is 17.3. The fraction of sp³-hybridized carbons (Fsp3) is 0.250. The molecule has 3 amide bonds. The highest BCUT2D eigenvalue weighted by atomic mass is 79.9. The third-order valence-corrected chi connectivity index (χ3v) is 4.30. The summed E-state index contributed by atoms with van der Waals surface area (Å²) in [5.74, 6) is -0.703. The number of rotatable bonds is 7. The van der Waals surface area contributed by atoms with E-state index in [0.717, 1.165) is 21.3 Å². The summed E-state index contributed by atoms with van der Waals surface area (Å²) in [4.78, 5) is 35.5. The molecule has 2 aromatic carbocycles. The van der Waals surface area contributed by atoms with Crippen molar-refractivity contribution in [2.75, 3.05) is 11.9 Å². The summed E-state index contributed by atoms with van der Waals surface area (Å²) in [6, 6.07) is 12.8. The van der Waals surface area contributed by atoms with E-state index in [-0.39, 0.29) is 25.4 Å². The van der Waals surface area contributed by atoms with E-state index in [1.165, 1.54) is 0 Å². The molecule has 0 fully saturated rings. The number of hydrogen-bond acceptors (Lipinski definition) is 4. The first-order valence-electron chi connectivity index (χ1n) is 8.66. The van der Waals surface area contributed by atoms with E-state index in [1.807, 2.05) is 32.0 Å². The molecule has 8 heteroatoms. The van der Waals surface area contributed by atoms with Gasteiger partial charge in [-0.25, -0.2) is 0 Å². The smallest absolute Gasteiger partial charge is 0.276 e. The Morgan fingerprint density at radius 2 is 1.54 bits per heavy atom. The van der Waals surface area contributed by atoms with Gasteiger partial charge in [0.15, 0.2) is 6.61 Å². The molecule has 0 aliphatic heterocycles. The summed E-state index contributed by atoms with van der Waals surface area (Å²) >= 11 is 3.31. The second-order valence-electron chi connectivity index (χ2n) is 6.21. The molecule has 148 valence electrons. The molecular weight excluding hydrogens is 426 g/mol. The molecule has 7 nitrogen and oxygen atoms in total. The maximum absolute atomic E-state index is 12.0. The van der Waals surface area contributed by atoms with Crippen molar-refractivity contribution in [2.24, 2.45) is 0 Å². The monoisotopic (exact) mass is 447 g/mol. The van der Waals surface area contributed by atoms with Gasteiger partial charge in [0.2, 0.25) is 11.8 Å². The molecule has 2 aromatic rings. The third kappa shape index (κ3) is 7.40. The summed E-state index contributed by atoms with van der Waals surface area (Å²) in [7, 11) is 0. The molecule has 0 atom stereocenters. The van der Waals surface area contributed by atoms with E-state index >= 15 is 0 Å². The van der Waals surface area contributed by atoms with Gasteiger partial charge in [-0.2, -0.15) is 0 Å². The van der Waals surface area contributed by atoms with Gasteiger partial charge < -0.3 is 10.1 Å². The number of carbonyl (C=O) groups excluding carboxylic acids is 3. The highest BCUT2D eigenvalue weighted by molar-refractivity contribution is 9.10. The van der Waals surface area contributed by atoms with Gasteiger partial charge in [0.25, 0.3) is 5.91 Å². The summed E-state index contributed by atoms with van der Waals surface area (Å²) in [5.41, 5.74) is 7.22. The molecule has 0 aliphatic carbocycles. The van der Waals surface area contributed by atoms with Crippen molar-refractivity contribution in [3.63, 3.8) is 0 Å². The van der Waals surface area contributed by atoms with Crippen molar-refractivity contribution in [3.05, 3.63) is 58.1 Å². The van der Waals surface area contributed by atoms with Gasteiger partial charge in [-0.3, -0.25) is 25.2 Å². The van der Waals surface area contributed by atoms with Crippen LogP contribution in [0.3, 0.4) is 0 Å². The Kier molecular flexibility index (Phi) is 8.01. The number of ether oxygens (including phenoxy) is 1. The second-order valence-corrected chi connectivity index (χ2v) is 7.12. The number of hydrogen-bond donors (Lipinski definition) is 3. The molecule has 0 unspecified atom stereocenters. The summed E-state index contributed by atoms with van der Waals surface area (Å²) in [5, 5.41) is 2.78. The van der Waals surface area contributed by atoms with Gasteiger partial charge in [0.1, 0.15) is 5.75 Å². The average Bonchev–Trinajstić information content (AvgIpc) is 2.67. The van der Waals surface area contributed by atoms with Crippen molar-refractivity contribution >= 4 is 39.3 Å². The standard InChI is InChI=1S/C20H22BrN3O4/c1-13-3-4-14(2)17(11-13)22-18(25)9-10-19(26)23-24-20(27)12-28-16-7-5-15(21)6-8-16/h3-8,11H,9-10,12H2,1-2H3,(H,22,25)(H,23,26)(H,24,27). The van der Waals surface area contributed by atoms with Gasteiger partial charge >= 0.3 is 0 Å². The van der Waals surface area contributed by atoms with Crippen LogP contribution in [0.25, 0.3) is 0 Å². The molecule has 0 radical (unpaired) electrons. The van der Waals surface area contributed by atoms with Gasteiger partial charge in [0, 0.05) is 23.0 Å². The Balaban J connectivity index is 1.66. The normalized spacial score (nSPS) is 10.1. The number of nitrogens with one attached hydrogen (secondary N) is 3. The lowest BCUT2D eigenvalue weighted by atomic mass is 10.1. The molecule has 0 bridgehead atoms. The number of halogens is 1. The Hall–Kier alpha value is -2.87. The molecule has 0 aromatic heterocycles. The maximum atomic E-state index is 12.0. The van der Waals surface area contributed by atoms with Gasteiger partial charge in [0.05, 0.1) is 0 Å². The molecule has 0 saturated heterocycles. The van der Waals surface area contributed by atoms with Crippen LogP contribution in [0, 0.1) is 13.8 Å². The summed E-state index contributed by atoms with van der Waals surface area (Å²) in [6.45, 7) is 3.59. The van der Waals surface area contributed by atoms with Crippen molar-refractivity contribution in [1.29, 1.82) is 0 Å². The second kappa shape index (κ2) is 10.5. The van der Waals surface area contributed by atoms with E-state index in [9.17, 15) is 14.4 Å². The third-order valence-electron chi connectivity index (χ3n) is 3.77. The lowest BCUT2D eigenvalue weighted by molar-refractivity contribution is -0.130. The van der Waals surface area contributed by atoms with Crippen molar-refractivity contribution in [3.8, 4) is 5.75 Å². The molecule has 0 heterocycles. The molecular formula is C20H22BrN3O4. The van der Waals surface area contributed by atoms with Crippen LogP contribution >= 0.6 is 15.9 Å². The summed E-state index contributed by atoms with van der Waals surface area (Å²) in [6.07, 6.45) is -0.0466. The van der Waals surface area contributed by atoms with Crippen LogP contribution in [0.5, 0.6) is 5.75 Å². The minimum atomic E-state index is -0.504. The quantitative estimate of drug-likeness (QED) is 0.568. The highest BCUT2D eigenvalue weighted by Crippen LogP contribution is 2.17. The van der Waals surface area contributed by atoms with Crippen LogP contribution < -0.4 is 20.9 Å². The number of aryl methyl sites for hydroxylation is 2. The minimum absolute atomic E-state index is 0.00444. The van der Waals surface area contributed by atoms with Crippen LogP contribution in [-0.4, -0.2) is 24.3 Å². The molecule has 3 N–H and O–H groups in total. The van der Waals surface area contributed by atoms with Crippen LogP contribution in [0.2, 0.25) is 0 Å². The number of anilines is 1.